The van der Waals surface area contributed by atoms with Crippen LogP contribution in [0.25, 0.3) is 0 Å². The first-order chi connectivity index (χ1) is 12.6. The molecule has 2 aromatic heterocycles. The second kappa shape index (κ2) is 8.10. The Hall–Kier alpha value is -2.73. The minimum atomic E-state index is -0.242. The molecule has 26 heavy (non-hydrogen) atoms. The standard InChI is InChI=1S/C20H19BrN4O.H2/c1-2-25(13-14-7-4-3-5-8-14)18-10-6-9-17(24-18)19(26)16-11-15(21)12-23-20(16)22;/h3-12H,2,13H2,1H3,(H2,22,23);1H. The molecule has 0 radical (unpaired) electrons. The van der Waals surface area contributed by atoms with Gasteiger partial charge in [-0.2, -0.15) is 0 Å². The number of pyridine rings is 2. The van der Waals surface area contributed by atoms with Crippen molar-refractivity contribution in [3.8, 4) is 0 Å². The number of benzene rings is 1. The molecule has 0 fully saturated rings. The monoisotopic (exact) mass is 412 g/mol. The highest BCUT2D eigenvalue weighted by molar-refractivity contribution is 9.10. The normalized spacial score (nSPS) is 10.5. The second-order valence-corrected chi connectivity index (χ2v) is 6.71. The molecule has 0 unspecified atom stereocenters. The van der Waals surface area contributed by atoms with Crippen molar-refractivity contribution in [2.24, 2.45) is 0 Å². The van der Waals surface area contributed by atoms with Crippen molar-refractivity contribution in [2.75, 3.05) is 17.2 Å². The fourth-order valence-corrected chi connectivity index (χ4v) is 2.99. The molecule has 0 spiro atoms. The summed E-state index contributed by atoms with van der Waals surface area (Å²) in [5, 5.41) is 0. The van der Waals surface area contributed by atoms with Gasteiger partial charge in [0.25, 0.3) is 0 Å². The number of carbonyl (C=O) groups excluding carboxylic acids is 1. The van der Waals surface area contributed by atoms with Crippen LogP contribution >= 0.6 is 15.9 Å². The van der Waals surface area contributed by atoms with Gasteiger partial charge in [-0.15, -0.1) is 0 Å². The lowest BCUT2D eigenvalue weighted by molar-refractivity contribution is 0.103. The number of ketones is 1. The van der Waals surface area contributed by atoms with Crippen LogP contribution in [0.1, 0.15) is 30.0 Å². The van der Waals surface area contributed by atoms with Gasteiger partial charge in [-0.25, -0.2) is 9.97 Å². The smallest absolute Gasteiger partial charge is 0.215 e. The number of nitrogen functional groups attached to an aromatic ring is 1. The molecule has 3 aromatic rings. The molecule has 3 rings (SSSR count). The number of halogens is 1. The minimum Gasteiger partial charge on any atom is -0.383 e. The van der Waals surface area contributed by atoms with Crippen LogP contribution in [0.4, 0.5) is 11.6 Å². The summed E-state index contributed by atoms with van der Waals surface area (Å²) in [4.78, 5) is 23.5. The molecular weight excluding hydrogens is 392 g/mol. The first-order valence-corrected chi connectivity index (χ1v) is 9.09. The molecule has 0 saturated carbocycles. The molecule has 134 valence electrons. The zero-order valence-electron chi connectivity index (χ0n) is 14.4. The lowest BCUT2D eigenvalue weighted by Gasteiger charge is -2.22. The zero-order valence-corrected chi connectivity index (χ0v) is 16.0. The number of rotatable bonds is 6. The summed E-state index contributed by atoms with van der Waals surface area (Å²) in [5.41, 5.74) is 7.74. The van der Waals surface area contributed by atoms with Gasteiger partial charge in [0.15, 0.2) is 0 Å². The number of hydrogen-bond acceptors (Lipinski definition) is 5. The van der Waals surface area contributed by atoms with Crippen molar-refractivity contribution in [2.45, 2.75) is 13.5 Å². The van der Waals surface area contributed by atoms with Crippen LogP contribution in [0.15, 0.2) is 65.3 Å². The average Bonchev–Trinajstić information content (AvgIpc) is 2.68. The van der Waals surface area contributed by atoms with E-state index in [0.717, 1.165) is 18.9 Å². The van der Waals surface area contributed by atoms with Gasteiger partial charge in [0, 0.05) is 25.2 Å². The predicted octanol–water partition coefficient (Wildman–Crippen LogP) is 4.32. The molecule has 0 saturated heterocycles. The lowest BCUT2D eigenvalue weighted by atomic mass is 10.1. The van der Waals surface area contributed by atoms with E-state index < -0.39 is 0 Å². The maximum atomic E-state index is 12.8. The molecule has 0 aliphatic rings. The molecule has 0 amide bonds. The van der Waals surface area contributed by atoms with E-state index in [1.165, 1.54) is 5.56 Å². The van der Waals surface area contributed by atoms with Crippen LogP contribution < -0.4 is 10.6 Å². The molecule has 2 N–H and O–H groups in total. The Labute approximate surface area is 162 Å². The topological polar surface area (TPSA) is 72.1 Å². The van der Waals surface area contributed by atoms with Gasteiger partial charge in [-0.05, 0) is 46.6 Å². The average molecular weight is 413 g/mol. The van der Waals surface area contributed by atoms with Crippen LogP contribution in [-0.4, -0.2) is 22.3 Å². The molecule has 0 atom stereocenters. The van der Waals surface area contributed by atoms with Crippen molar-refractivity contribution in [3.05, 3.63) is 82.1 Å². The first-order valence-electron chi connectivity index (χ1n) is 8.30. The SMILES string of the molecule is CCN(Cc1ccccc1)c1cccc(C(=O)c2cc(Br)cnc2N)n1.[HH]. The first kappa shape index (κ1) is 18.1. The van der Waals surface area contributed by atoms with Crippen molar-refractivity contribution < 1.29 is 6.22 Å². The largest absolute Gasteiger partial charge is 0.383 e. The van der Waals surface area contributed by atoms with Crippen molar-refractivity contribution >= 4 is 33.3 Å². The molecule has 0 bridgehead atoms. The molecule has 1 aromatic carbocycles. The van der Waals surface area contributed by atoms with E-state index in [1.807, 2.05) is 30.3 Å². The highest BCUT2D eigenvalue weighted by Crippen LogP contribution is 2.21. The molecule has 0 aliphatic carbocycles. The summed E-state index contributed by atoms with van der Waals surface area (Å²) in [7, 11) is 0. The highest BCUT2D eigenvalue weighted by atomic mass is 79.9. The van der Waals surface area contributed by atoms with E-state index in [2.05, 4.69) is 49.9 Å². The third-order valence-electron chi connectivity index (χ3n) is 4.02. The Bertz CT molecular complexity index is 921. The summed E-state index contributed by atoms with van der Waals surface area (Å²) < 4.78 is 0.700. The molecule has 5 nitrogen and oxygen atoms in total. The minimum absolute atomic E-state index is 0. The van der Waals surface area contributed by atoms with Crippen LogP contribution in [0.5, 0.6) is 0 Å². The van der Waals surface area contributed by atoms with E-state index >= 15 is 0 Å². The summed E-state index contributed by atoms with van der Waals surface area (Å²) in [6, 6.07) is 17.3. The quantitative estimate of drug-likeness (QED) is 0.610. The fourth-order valence-electron chi connectivity index (χ4n) is 2.65. The van der Waals surface area contributed by atoms with Crippen molar-refractivity contribution in [1.29, 1.82) is 0 Å². The number of anilines is 2. The molecule has 6 heteroatoms. The highest BCUT2D eigenvalue weighted by Gasteiger charge is 2.17. The van der Waals surface area contributed by atoms with E-state index in [1.54, 1.807) is 18.3 Å². The summed E-state index contributed by atoms with van der Waals surface area (Å²) in [5.74, 6) is 0.708. The van der Waals surface area contributed by atoms with Crippen LogP contribution in [0.2, 0.25) is 0 Å². The van der Waals surface area contributed by atoms with Gasteiger partial charge in [0.2, 0.25) is 5.78 Å². The Balaban J connectivity index is 0.00000261. The van der Waals surface area contributed by atoms with Crippen molar-refractivity contribution in [1.82, 2.24) is 9.97 Å². The number of nitrogens with zero attached hydrogens (tertiary/aromatic N) is 3. The van der Waals surface area contributed by atoms with E-state index in [4.69, 9.17) is 5.73 Å². The van der Waals surface area contributed by atoms with E-state index in [0.29, 0.717) is 15.7 Å². The number of nitrogens with two attached hydrogens (primary N) is 1. The maximum absolute atomic E-state index is 12.8. The molecule has 2 heterocycles. The Kier molecular flexibility index (Phi) is 5.63. The Morgan fingerprint density at radius 2 is 1.96 bits per heavy atom. The number of carbonyl (C=O) groups is 1. The third kappa shape index (κ3) is 4.08. The van der Waals surface area contributed by atoms with Crippen LogP contribution in [0.3, 0.4) is 0 Å². The molecular formula is C20H21BrN4O. The fraction of sp³-hybridized carbons (Fsp3) is 0.150. The number of hydrogen-bond donors (Lipinski definition) is 1. The van der Waals surface area contributed by atoms with Crippen molar-refractivity contribution in [3.63, 3.8) is 0 Å². The summed E-state index contributed by atoms with van der Waals surface area (Å²) >= 11 is 3.32. The third-order valence-corrected chi connectivity index (χ3v) is 4.45. The summed E-state index contributed by atoms with van der Waals surface area (Å²) in [6.07, 6.45) is 1.56. The van der Waals surface area contributed by atoms with Gasteiger partial charge in [-0.3, -0.25) is 4.79 Å². The zero-order chi connectivity index (χ0) is 18.5. The van der Waals surface area contributed by atoms with Gasteiger partial charge in [0.05, 0.1) is 5.56 Å². The van der Waals surface area contributed by atoms with Crippen LogP contribution in [-0.2, 0) is 6.54 Å². The van der Waals surface area contributed by atoms with Gasteiger partial charge >= 0.3 is 0 Å². The Morgan fingerprint density at radius 3 is 2.69 bits per heavy atom. The molecule has 0 aliphatic heterocycles. The van der Waals surface area contributed by atoms with E-state index in [-0.39, 0.29) is 13.0 Å². The summed E-state index contributed by atoms with van der Waals surface area (Å²) in [6.45, 7) is 3.57. The second-order valence-electron chi connectivity index (χ2n) is 5.80. The van der Waals surface area contributed by atoms with Gasteiger partial charge < -0.3 is 10.6 Å². The predicted molar refractivity (Wildman–Crippen MR) is 109 cm³/mol. The van der Waals surface area contributed by atoms with Crippen LogP contribution in [0, 0.1) is 0 Å². The number of aromatic nitrogens is 2. The maximum Gasteiger partial charge on any atom is 0.215 e. The Morgan fingerprint density at radius 1 is 1.19 bits per heavy atom. The van der Waals surface area contributed by atoms with Gasteiger partial charge in [0.1, 0.15) is 17.3 Å². The lowest BCUT2D eigenvalue weighted by Crippen LogP contribution is -2.23. The van der Waals surface area contributed by atoms with E-state index in [9.17, 15) is 4.79 Å². The van der Waals surface area contributed by atoms with Gasteiger partial charge in [-0.1, -0.05) is 36.4 Å².